The van der Waals surface area contributed by atoms with Gasteiger partial charge in [0.2, 0.25) is 0 Å². The molecule has 0 saturated heterocycles. The minimum absolute atomic E-state index is 0.0387. The highest BCUT2D eigenvalue weighted by molar-refractivity contribution is 8.00. The lowest BCUT2D eigenvalue weighted by Crippen LogP contribution is -2.16. The van der Waals surface area contributed by atoms with Gasteiger partial charge in [-0.3, -0.25) is 10.1 Å². The quantitative estimate of drug-likeness (QED) is 0.421. The molecule has 1 amide bonds. The standard InChI is InChI=1S/C19H13N3O3S3/c23-16(12-5-1-2-6-13(12)17(24)25)22-18-20-11(9-26-18)10-27-19-21-14-7-3-4-8-15(14)28-19/h1-9H,10H2,(H,24,25)(H,20,22,23). The van der Waals surface area contributed by atoms with Crippen LogP contribution in [0.25, 0.3) is 10.2 Å². The SMILES string of the molecule is O=C(O)c1ccccc1C(=O)Nc1nc(CSc2nc3ccccc3s2)cs1. The number of thioether (sulfide) groups is 1. The van der Waals surface area contributed by atoms with Gasteiger partial charge in [-0.1, -0.05) is 36.0 Å². The van der Waals surface area contributed by atoms with E-state index >= 15 is 0 Å². The zero-order valence-corrected chi connectivity index (χ0v) is 16.7. The van der Waals surface area contributed by atoms with Gasteiger partial charge in [0, 0.05) is 11.1 Å². The minimum atomic E-state index is -1.14. The Hall–Kier alpha value is -2.75. The van der Waals surface area contributed by atoms with Crippen LogP contribution in [0.2, 0.25) is 0 Å². The summed E-state index contributed by atoms with van der Waals surface area (Å²) in [6.07, 6.45) is 0. The van der Waals surface area contributed by atoms with Gasteiger partial charge in [-0.2, -0.15) is 0 Å². The molecule has 0 spiro atoms. The van der Waals surface area contributed by atoms with Crippen molar-refractivity contribution in [2.24, 2.45) is 0 Å². The number of carbonyl (C=O) groups is 2. The number of hydrogen-bond donors (Lipinski definition) is 2. The fourth-order valence-electron chi connectivity index (χ4n) is 2.51. The summed E-state index contributed by atoms with van der Waals surface area (Å²) in [5.41, 5.74) is 1.88. The highest BCUT2D eigenvalue weighted by Gasteiger charge is 2.17. The molecule has 2 N–H and O–H groups in total. The number of para-hydroxylation sites is 1. The number of carbonyl (C=O) groups excluding carboxylic acids is 1. The highest BCUT2D eigenvalue weighted by Crippen LogP contribution is 2.32. The van der Waals surface area contributed by atoms with Crippen LogP contribution in [-0.4, -0.2) is 27.0 Å². The predicted molar refractivity (Wildman–Crippen MR) is 113 cm³/mol. The molecular formula is C19H13N3O3S3. The molecule has 0 atom stereocenters. The number of anilines is 1. The Labute approximate surface area is 172 Å². The van der Waals surface area contributed by atoms with Gasteiger partial charge >= 0.3 is 5.97 Å². The van der Waals surface area contributed by atoms with Gasteiger partial charge in [0.25, 0.3) is 5.91 Å². The van der Waals surface area contributed by atoms with Crippen molar-refractivity contribution >= 4 is 61.7 Å². The monoisotopic (exact) mass is 427 g/mol. The number of benzene rings is 2. The molecule has 0 aliphatic heterocycles. The summed E-state index contributed by atoms with van der Waals surface area (Å²) in [4.78, 5) is 32.7. The van der Waals surface area contributed by atoms with Crippen LogP contribution in [0.3, 0.4) is 0 Å². The van der Waals surface area contributed by atoms with E-state index in [4.69, 9.17) is 0 Å². The van der Waals surface area contributed by atoms with Gasteiger partial charge in [-0.15, -0.1) is 22.7 Å². The molecule has 2 aromatic carbocycles. The second kappa shape index (κ2) is 8.09. The molecule has 0 aliphatic rings. The van der Waals surface area contributed by atoms with E-state index in [0.717, 1.165) is 20.3 Å². The molecule has 0 unspecified atom stereocenters. The highest BCUT2D eigenvalue weighted by atomic mass is 32.2. The Morgan fingerprint density at radius 1 is 1.04 bits per heavy atom. The molecule has 140 valence electrons. The number of carboxylic acids is 1. The largest absolute Gasteiger partial charge is 0.478 e. The zero-order valence-electron chi connectivity index (χ0n) is 14.3. The van der Waals surface area contributed by atoms with Gasteiger partial charge in [0.1, 0.15) is 0 Å². The third kappa shape index (κ3) is 4.06. The minimum Gasteiger partial charge on any atom is -0.478 e. The number of aromatic nitrogens is 2. The number of carboxylic acid groups (broad SMARTS) is 1. The molecule has 0 bridgehead atoms. The molecule has 28 heavy (non-hydrogen) atoms. The van der Waals surface area contributed by atoms with Gasteiger partial charge in [-0.25, -0.2) is 14.8 Å². The van der Waals surface area contributed by atoms with E-state index in [1.54, 1.807) is 35.2 Å². The van der Waals surface area contributed by atoms with E-state index in [1.165, 1.54) is 23.5 Å². The normalized spacial score (nSPS) is 10.9. The summed E-state index contributed by atoms with van der Waals surface area (Å²) >= 11 is 4.54. The van der Waals surface area contributed by atoms with Crippen molar-refractivity contribution in [3.8, 4) is 0 Å². The third-order valence-electron chi connectivity index (χ3n) is 3.79. The van der Waals surface area contributed by atoms with Crippen molar-refractivity contribution in [2.45, 2.75) is 10.1 Å². The summed E-state index contributed by atoms with van der Waals surface area (Å²) in [5.74, 6) is -0.992. The van der Waals surface area contributed by atoms with Gasteiger partial charge in [0.05, 0.1) is 27.0 Å². The first kappa shape index (κ1) is 18.6. The molecule has 6 nitrogen and oxygen atoms in total. The van der Waals surface area contributed by atoms with Gasteiger partial charge < -0.3 is 5.11 Å². The molecule has 0 fully saturated rings. The van der Waals surface area contributed by atoms with Crippen molar-refractivity contribution in [2.75, 3.05) is 5.32 Å². The van der Waals surface area contributed by atoms with Crippen molar-refractivity contribution in [1.29, 1.82) is 0 Å². The lowest BCUT2D eigenvalue weighted by molar-refractivity contribution is 0.0692. The molecule has 0 aliphatic carbocycles. The number of fused-ring (bicyclic) bond motifs is 1. The average molecular weight is 428 g/mol. The summed E-state index contributed by atoms with van der Waals surface area (Å²) in [5, 5.41) is 14.2. The molecule has 4 aromatic rings. The maximum atomic E-state index is 12.4. The molecule has 2 heterocycles. The van der Waals surface area contributed by atoms with Gasteiger partial charge in [-0.05, 0) is 24.3 Å². The van der Waals surface area contributed by atoms with Crippen LogP contribution in [-0.2, 0) is 5.75 Å². The molecule has 2 aromatic heterocycles. The molecule has 0 saturated carbocycles. The number of rotatable bonds is 6. The first-order valence-electron chi connectivity index (χ1n) is 8.16. The molecule has 0 radical (unpaired) electrons. The first-order chi connectivity index (χ1) is 13.6. The fourth-order valence-corrected chi connectivity index (χ4v) is 5.28. The Morgan fingerprint density at radius 3 is 2.57 bits per heavy atom. The summed E-state index contributed by atoms with van der Waals surface area (Å²) in [6, 6.07) is 14.1. The van der Waals surface area contributed by atoms with Crippen LogP contribution in [0.5, 0.6) is 0 Å². The van der Waals surface area contributed by atoms with Crippen molar-refractivity contribution < 1.29 is 14.7 Å². The number of nitrogens with one attached hydrogen (secondary N) is 1. The number of hydrogen-bond acceptors (Lipinski definition) is 7. The van der Waals surface area contributed by atoms with E-state index in [2.05, 4.69) is 15.3 Å². The predicted octanol–water partition coefficient (Wildman–Crippen LogP) is 5.00. The Morgan fingerprint density at radius 2 is 1.79 bits per heavy atom. The first-order valence-corrected chi connectivity index (χ1v) is 10.8. The maximum absolute atomic E-state index is 12.4. The van der Waals surface area contributed by atoms with E-state index in [-0.39, 0.29) is 11.1 Å². The third-order valence-corrected chi connectivity index (χ3v) is 6.81. The van der Waals surface area contributed by atoms with Crippen LogP contribution in [0.1, 0.15) is 26.4 Å². The Balaban J connectivity index is 1.41. The van der Waals surface area contributed by atoms with Crippen LogP contribution >= 0.6 is 34.4 Å². The summed E-state index contributed by atoms with van der Waals surface area (Å²) in [6.45, 7) is 0. The Kier molecular flexibility index (Phi) is 5.38. The summed E-state index contributed by atoms with van der Waals surface area (Å²) < 4.78 is 2.11. The average Bonchev–Trinajstić information content (AvgIpc) is 3.32. The summed E-state index contributed by atoms with van der Waals surface area (Å²) in [7, 11) is 0. The number of aromatic carboxylic acids is 1. The smallest absolute Gasteiger partial charge is 0.336 e. The number of nitrogens with zero attached hydrogens (tertiary/aromatic N) is 2. The maximum Gasteiger partial charge on any atom is 0.336 e. The fraction of sp³-hybridized carbons (Fsp3) is 0.0526. The number of amides is 1. The molecule has 9 heteroatoms. The Bertz CT molecular complexity index is 1140. The van der Waals surface area contributed by atoms with Crippen molar-refractivity contribution in [3.05, 3.63) is 70.7 Å². The lowest BCUT2D eigenvalue weighted by Gasteiger charge is -2.05. The van der Waals surface area contributed by atoms with Crippen LogP contribution in [0, 0.1) is 0 Å². The zero-order chi connectivity index (χ0) is 19.5. The lowest BCUT2D eigenvalue weighted by atomic mass is 10.1. The van der Waals surface area contributed by atoms with Crippen LogP contribution < -0.4 is 5.32 Å². The van der Waals surface area contributed by atoms with Crippen LogP contribution in [0.15, 0.2) is 58.3 Å². The van der Waals surface area contributed by atoms with E-state index in [0.29, 0.717) is 10.9 Å². The van der Waals surface area contributed by atoms with Crippen molar-refractivity contribution in [1.82, 2.24) is 9.97 Å². The van der Waals surface area contributed by atoms with E-state index in [1.807, 2.05) is 29.6 Å². The van der Waals surface area contributed by atoms with Crippen LogP contribution in [0.4, 0.5) is 5.13 Å². The van der Waals surface area contributed by atoms with E-state index < -0.39 is 11.9 Å². The second-order valence-electron chi connectivity index (χ2n) is 5.69. The van der Waals surface area contributed by atoms with E-state index in [9.17, 15) is 14.7 Å². The topological polar surface area (TPSA) is 92.2 Å². The number of thiazole rings is 2. The van der Waals surface area contributed by atoms with Crippen molar-refractivity contribution in [3.63, 3.8) is 0 Å². The van der Waals surface area contributed by atoms with Gasteiger partial charge in [0.15, 0.2) is 9.47 Å². The second-order valence-corrected chi connectivity index (χ2v) is 8.80. The molecular weight excluding hydrogens is 414 g/mol. The molecule has 4 rings (SSSR count).